The van der Waals surface area contributed by atoms with Crippen LogP contribution in [-0.4, -0.2) is 24.1 Å². The molecule has 3 aromatic rings. The van der Waals surface area contributed by atoms with Gasteiger partial charge < -0.3 is 19.6 Å². The Balaban J connectivity index is 1.81. The number of rotatable bonds is 5. The van der Waals surface area contributed by atoms with Crippen molar-refractivity contribution in [1.82, 2.24) is 0 Å². The molecule has 0 saturated carbocycles. The van der Waals surface area contributed by atoms with Gasteiger partial charge in [-0.15, -0.1) is 0 Å². The summed E-state index contributed by atoms with van der Waals surface area (Å²) >= 11 is 0. The predicted molar refractivity (Wildman–Crippen MR) is 111 cm³/mol. The van der Waals surface area contributed by atoms with Crippen LogP contribution in [-0.2, 0) is 5.41 Å². The number of nitrogens with one attached hydrogen (secondary N) is 1. The summed E-state index contributed by atoms with van der Waals surface area (Å²) in [6.45, 7) is 6.36. The molecule has 0 fully saturated rings. The highest BCUT2D eigenvalue weighted by molar-refractivity contribution is 6.04. The molecule has 29 heavy (non-hydrogen) atoms. The zero-order valence-corrected chi connectivity index (χ0v) is 16.8. The van der Waals surface area contributed by atoms with Crippen molar-refractivity contribution >= 4 is 17.6 Å². The number of ether oxygens (including phenoxy) is 1. The molecule has 0 unspecified atom stereocenters. The quantitative estimate of drug-likeness (QED) is 0.622. The minimum absolute atomic E-state index is 0.0184. The van der Waals surface area contributed by atoms with E-state index < -0.39 is 5.97 Å². The summed E-state index contributed by atoms with van der Waals surface area (Å²) in [5.41, 5.74) is 2.87. The van der Waals surface area contributed by atoms with Gasteiger partial charge in [0.05, 0.1) is 12.7 Å². The summed E-state index contributed by atoms with van der Waals surface area (Å²) in [5, 5.41) is 11.9. The first-order chi connectivity index (χ1) is 13.7. The van der Waals surface area contributed by atoms with Gasteiger partial charge in [0.1, 0.15) is 11.5 Å². The summed E-state index contributed by atoms with van der Waals surface area (Å²) < 4.78 is 10.7. The number of carboxylic acids is 1. The van der Waals surface area contributed by atoms with Gasteiger partial charge in [0.25, 0.3) is 5.91 Å². The average molecular weight is 393 g/mol. The van der Waals surface area contributed by atoms with E-state index in [0.717, 1.165) is 5.56 Å². The molecule has 0 radical (unpaired) electrons. The molecule has 0 aliphatic carbocycles. The van der Waals surface area contributed by atoms with Crippen LogP contribution in [0, 0.1) is 0 Å². The lowest BCUT2D eigenvalue weighted by atomic mass is 9.87. The van der Waals surface area contributed by atoms with Crippen molar-refractivity contribution in [3.8, 4) is 17.1 Å². The molecule has 2 N–H and O–H groups in total. The highest BCUT2D eigenvalue weighted by atomic mass is 16.5. The molecule has 3 rings (SSSR count). The maximum Gasteiger partial charge on any atom is 0.371 e. The lowest BCUT2D eigenvalue weighted by Crippen LogP contribution is -2.14. The largest absolute Gasteiger partial charge is 0.496 e. The van der Waals surface area contributed by atoms with Crippen LogP contribution in [0.15, 0.2) is 59.0 Å². The van der Waals surface area contributed by atoms with Gasteiger partial charge in [0.2, 0.25) is 5.76 Å². The number of hydrogen-bond acceptors (Lipinski definition) is 4. The Kier molecular flexibility index (Phi) is 5.46. The lowest BCUT2D eigenvalue weighted by molar-refractivity contribution is 0.0663. The van der Waals surface area contributed by atoms with Gasteiger partial charge in [-0.2, -0.15) is 0 Å². The van der Waals surface area contributed by atoms with Crippen LogP contribution >= 0.6 is 0 Å². The van der Waals surface area contributed by atoms with Crippen LogP contribution in [0.2, 0.25) is 0 Å². The fourth-order valence-electron chi connectivity index (χ4n) is 2.89. The first kappa shape index (κ1) is 20.2. The fraction of sp³-hybridized carbons (Fsp3) is 0.217. The number of aromatic carboxylic acids is 1. The molecule has 0 aliphatic heterocycles. The molecule has 0 saturated heterocycles. The second-order valence-corrected chi connectivity index (χ2v) is 7.67. The van der Waals surface area contributed by atoms with E-state index in [0.29, 0.717) is 28.3 Å². The van der Waals surface area contributed by atoms with Gasteiger partial charge in [-0.25, -0.2) is 4.79 Å². The second-order valence-electron chi connectivity index (χ2n) is 7.67. The molecular weight excluding hydrogens is 370 g/mol. The second kappa shape index (κ2) is 7.83. The van der Waals surface area contributed by atoms with Gasteiger partial charge in [0, 0.05) is 17.3 Å². The van der Waals surface area contributed by atoms with Crippen LogP contribution in [0.1, 0.15) is 47.2 Å². The van der Waals surface area contributed by atoms with Gasteiger partial charge >= 0.3 is 5.97 Å². The summed E-state index contributed by atoms with van der Waals surface area (Å²) in [4.78, 5) is 23.6. The summed E-state index contributed by atoms with van der Waals surface area (Å²) in [5.74, 6) is -0.701. The zero-order valence-electron chi connectivity index (χ0n) is 16.8. The van der Waals surface area contributed by atoms with Gasteiger partial charge in [0.15, 0.2) is 0 Å². The van der Waals surface area contributed by atoms with E-state index >= 15 is 0 Å². The predicted octanol–water partition coefficient (Wildman–Crippen LogP) is 5.20. The topological polar surface area (TPSA) is 88.8 Å². The monoisotopic (exact) mass is 393 g/mol. The number of carbonyl (C=O) groups is 2. The first-order valence-electron chi connectivity index (χ1n) is 9.12. The van der Waals surface area contributed by atoms with E-state index in [1.165, 1.54) is 13.2 Å². The Hall–Kier alpha value is -3.54. The zero-order chi connectivity index (χ0) is 21.2. The molecule has 1 aromatic heterocycles. The summed E-state index contributed by atoms with van der Waals surface area (Å²) in [6.07, 6.45) is 0. The Labute approximate surface area is 169 Å². The van der Waals surface area contributed by atoms with Crippen molar-refractivity contribution in [3.63, 3.8) is 0 Å². The number of amides is 1. The number of hydrogen-bond donors (Lipinski definition) is 2. The highest BCUT2D eigenvalue weighted by Gasteiger charge is 2.16. The third-order valence-corrected chi connectivity index (χ3v) is 4.55. The van der Waals surface area contributed by atoms with Crippen LogP contribution < -0.4 is 10.1 Å². The van der Waals surface area contributed by atoms with Crippen molar-refractivity contribution in [2.45, 2.75) is 26.2 Å². The number of carboxylic acid groups (broad SMARTS) is 1. The Morgan fingerprint density at radius 2 is 1.69 bits per heavy atom. The smallest absolute Gasteiger partial charge is 0.371 e. The van der Waals surface area contributed by atoms with Crippen molar-refractivity contribution in [3.05, 3.63) is 71.5 Å². The standard InChI is InChI=1S/C23H23NO5/c1-23(2,3)15-7-5-14(6-8-15)21(25)24-16-9-10-17(20(13-16)28-4)18-11-12-19(29-18)22(26)27/h5-13H,1-4H3,(H,24,25)(H,26,27). The molecule has 0 atom stereocenters. The summed E-state index contributed by atoms with van der Waals surface area (Å²) in [7, 11) is 1.50. The number of furan rings is 1. The van der Waals surface area contributed by atoms with Crippen LogP contribution in [0.5, 0.6) is 5.75 Å². The first-order valence-corrected chi connectivity index (χ1v) is 9.12. The molecule has 1 heterocycles. The van der Waals surface area contributed by atoms with E-state index in [-0.39, 0.29) is 17.1 Å². The Bertz CT molecular complexity index is 1040. The average Bonchev–Trinajstić information content (AvgIpc) is 3.17. The normalized spacial score (nSPS) is 11.2. The summed E-state index contributed by atoms with van der Waals surface area (Å²) in [6, 6.07) is 15.6. The minimum atomic E-state index is -1.14. The molecule has 0 bridgehead atoms. The molecule has 0 aliphatic rings. The maximum atomic E-state index is 12.6. The highest BCUT2D eigenvalue weighted by Crippen LogP contribution is 2.34. The third-order valence-electron chi connectivity index (χ3n) is 4.55. The lowest BCUT2D eigenvalue weighted by Gasteiger charge is -2.19. The van der Waals surface area contributed by atoms with Gasteiger partial charge in [-0.3, -0.25) is 4.79 Å². The van der Waals surface area contributed by atoms with Gasteiger partial charge in [-0.05, 0) is 47.4 Å². The third kappa shape index (κ3) is 4.48. The van der Waals surface area contributed by atoms with Crippen molar-refractivity contribution in [2.24, 2.45) is 0 Å². The number of anilines is 1. The van der Waals surface area contributed by atoms with Crippen LogP contribution in [0.3, 0.4) is 0 Å². The van der Waals surface area contributed by atoms with Crippen molar-refractivity contribution < 1.29 is 23.8 Å². The van der Waals surface area contributed by atoms with E-state index in [4.69, 9.17) is 14.3 Å². The van der Waals surface area contributed by atoms with Gasteiger partial charge in [-0.1, -0.05) is 32.9 Å². The molecule has 6 heteroatoms. The molecule has 6 nitrogen and oxygen atoms in total. The maximum absolute atomic E-state index is 12.6. The fourth-order valence-corrected chi connectivity index (χ4v) is 2.89. The Morgan fingerprint density at radius 1 is 1.00 bits per heavy atom. The molecular formula is C23H23NO5. The van der Waals surface area contributed by atoms with Crippen molar-refractivity contribution in [2.75, 3.05) is 12.4 Å². The van der Waals surface area contributed by atoms with E-state index in [1.54, 1.807) is 36.4 Å². The van der Waals surface area contributed by atoms with E-state index in [1.807, 2.05) is 12.1 Å². The molecule has 0 spiro atoms. The Morgan fingerprint density at radius 3 is 2.24 bits per heavy atom. The molecule has 150 valence electrons. The van der Waals surface area contributed by atoms with E-state index in [9.17, 15) is 9.59 Å². The number of benzene rings is 2. The molecule has 2 aromatic carbocycles. The molecule has 1 amide bonds. The van der Waals surface area contributed by atoms with Crippen LogP contribution in [0.25, 0.3) is 11.3 Å². The minimum Gasteiger partial charge on any atom is -0.496 e. The SMILES string of the molecule is COc1cc(NC(=O)c2ccc(C(C)(C)C)cc2)ccc1-c1ccc(C(=O)O)o1. The number of methoxy groups -OCH3 is 1. The van der Waals surface area contributed by atoms with Crippen LogP contribution in [0.4, 0.5) is 5.69 Å². The number of carbonyl (C=O) groups excluding carboxylic acids is 1. The van der Waals surface area contributed by atoms with E-state index in [2.05, 4.69) is 26.1 Å². The van der Waals surface area contributed by atoms with Crippen molar-refractivity contribution in [1.29, 1.82) is 0 Å².